The van der Waals surface area contributed by atoms with Gasteiger partial charge in [-0.25, -0.2) is 4.39 Å². The van der Waals surface area contributed by atoms with Gasteiger partial charge < -0.3 is 20.5 Å². The van der Waals surface area contributed by atoms with Crippen LogP contribution in [-0.4, -0.2) is 23.0 Å². The number of ether oxygens (including phenoxy) is 1. The van der Waals surface area contributed by atoms with E-state index < -0.39 is 29.0 Å². The lowest BCUT2D eigenvalue weighted by atomic mass is 10.1. The molecule has 9 heteroatoms. The minimum absolute atomic E-state index is 0.0365. The number of aliphatic hydroxyl groups excluding tert-OH is 1. The number of nitrogens with one attached hydrogen (secondary N) is 2. The molecule has 30 heavy (non-hydrogen) atoms. The summed E-state index contributed by atoms with van der Waals surface area (Å²) in [6.07, 6.45) is -0.344. The number of nitrogens with zero attached hydrogens (tertiary/aromatic N) is 1. The van der Waals surface area contributed by atoms with Gasteiger partial charge in [0.05, 0.1) is 23.0 Å². The average Bonchev–Trinajstić information content (AvgIpc) is 2.65. The zero-order chi connectivity index (χ0) is 22.4. The van der Waals surface area contributed by atoms with Gasteiger partial charge in [-0.2, -0.15) is 5.26 Å². The van der Waals surface area contributed by atoms with Crippen molar-refractivity contribution in [1.29, 1.82) is 5.26 Å². The van der Waals surface area contributed by atoms with Gasteiger partial charge in [-0.1, -0.05) is 12.1 Å². The lowest BCUT2D eigenvalue weighted by molar-refractivity contribution is -0.112. The number of rotatable bonds is 6. The fraction of sp³-hybridized carbons (Fsp3) is 0.190. The summed E-state index contributed by atoms with van der Waals surface area (Å²) in [4.78, 5) is 24.9. The summed E-state index contributed by atoms with van der Waals surface area (Å²) in [5, 5.41) is 23.2. The molecule has 0 aliphatic heterocycles. The van der Waals surface area contributed by atoms with Gasteiger partial charge in [0.1, 0.15) is 23.4 Å². The van der Waals surface area contributed by atoms with Crippen LogP contribution in [-0.2, 0) is 4.79 Å². The molecule has 7 nitrogen and oxygen atoms in total. The zero-order valence-electron chi connectivity index (χ0n) is 16.4. The van der Waals surface area contributed by atoms with Crippen LogP contribution in [0.25, 0.3) is 0 Å². The summed E-state index contributed by atoms with van der Waals surface area (Å²) < 4.78 is 20.9. The van der Waals surface area contributed by atoms with E-state index in [0.29, 0.717) is 10.2 Å². The summed E-state index contributed by atoms with van der Waals surface area (Å²) in [6, 6.07) is 10.6. The molecule has 0 unspecified atom stereocenters. The van der Waals surface area contributed by atoms with Crippen molar-refractivity contribution >= 4 is 39.1 Å². The molecule has 2 aromatic carbocycles. The Kier molecular flexibility index (Phi) is 7.55. The Morgan fingerprint density at radius 2 is 1.87 bits per heavy atom. The monoisotopic (exact) mass is 475 g/mol. The topological polar surface area (TPSA) is 111 Å². The van der Waals surface area contributed by atoms with Gasteiger partial charge in [0.25, 0.3) is 11.8 Å². The van der Waals surface area contributed by atoms with Crippen LogP contribution in [0.4, 0.5) is 15.8 Å². The van der Waals surface area contributed by atoms with Gasteiger partial charge >= 0.3 is 0 Å². The molecule has 2 aromatic rings. The molecule has 156 valence electrons. The van der Waals surface area contributed by atoms with E-state index >= 15 is 0 Å². The van der Waals surface area contributed by atoms with Crippen LogP contribution in [0.5, 0.6) is 5.75 Å². The van der Waals surface area contributed by atoms with Crippen molar-refractivity contribution < 1.29 is 23.8 Å². The Hall–Kier alpha value is -3.38. The van der Waals surface area contributed by atoms with Crippen LogP contribution in [0.3, 0.4) is 0 Å². The number of carbonyl (C=O) groups excluding carboxylic acids is 2. The van der Waals surface area contributed by atoms with Crippen molar-refractivity contribution in [3.8, 4) is 11.8 Å². The van der Waals surface area contributed by atoms with Crippen molar-refractivity contribution in [3.05, 3.63) is 63.6 Å². The number of allylic oxidation sites excluding steroid dienone is 1. The Morgan fingerprint density at radius 1 is 1.20 bits per heavy atom. The second-order valence-corrected chi connectivity index (χ2v) is 7.31. The highest BCUT2D eigenvalue weighted by Crippen LogP contribution is 2.30. The number of aliphatic hydroxyl groups is 1. The average molecular weight is 476 g/mol. The molecule has 0 saturated heterocycles. The highest BCUT2D eigenvalue weighted by atomic mass is 79.9. The molecule has 0 fully saturated rings. The minimum Gasteiger partial charge on any atom is -0.511 e. The number of hydrogen-bond donors (Lipinski definition) is 3. The number of benzene rings is 2. The summed E-state index contributed by atoms with van der Waals surface area (Å²) in [5.41, 5.74) is -0.457. The molecule has 0 atom stereocenters. The maximum atomic E-state index is 14.7. The largest absolute Gasteiger partial charge is 0.511 e. The predicted octanol–water partition coefficient (Wildman–Crippen LogP) is 4.92. The van der Waals surface area contributed by atoms with E-state index in [4.69, 9.17) is 10.00 Å². The Morgan fingerprint density at radius 3 is 2.43 bits per heavy atom. The molecule has 3 N–H and O–H groups in total. The number of carbonyl (C=O) groups is 2. The van der Waals surface area contributed by atoms with Crippen LogP contribution >= 0.6 is 15.9 Å². The van der Waals surface area contributed by atoms with Crippen molar-refractivity contribution in [1.82, 2.24) is 0 Å². The first-order chi connectivity index (χ1) is 14.1. The minimum atomic E-state index is -0.989. The van der Waals surface area contributed by atoms with Gasteiger partial charge in [0, 0.05) is 10.5 Å². The van der Waals surface area contributed by atoms with E-state index in [1.807, 2.05) is 0 Å². The van der Waals surface area contributed by atoms with Gasteiger partial charge in [-0.3, -0.25) is 9.59 Å². The smallest absolute Gasteiger partial charge is 0.269 e. The first-order valence-electron chi connectivity index (χ1n) is 8.81. The fourth-order valence-corrected chi connectivity index (χ4v) is 2.79. The molecule has 0 radical (unpaired) electrons. The van der Waals surface area contributed by atoms with E-state index in [1.165, 1.54) is 0 Å². The van der Waals surface area contributed by atoms with Crippen molar-refractivity contribution in [2.45, 2.75) is 26.9 Å². The highest BCUT2D eigenvalue weighted by Gasteiger charge is 2.21. The standard InChI is InChI=1S/C21H19BrFN3O4/c1-11(2)30-19-9-18(26-21(29)14(10-24)12(3)27)16(23)8-13(19)20(28)25-17-7-5-4-6-15(17)22/h4-9,11,27H,1-3H3,(H,25,28)(H,26,29)/b14-12-. The molecule has 0 spiro atoms. The molecule has 0 heterocycles. The van der Waals surface area contributed by atoms with Crippen LogP contribution < -0.4 is 15.4 Å². The maximum Gasteiger partial charge on any atom is 0.269 e. The normalized spacial score (nSPS) is 11.4. The first-order valence-corrected chi connectivity index (χ1v) is 9.60. The van der Waals surface area contributed by atoms with E-state index in [1.54, 1.807) is 44.2 Å². The number of hydrogen-bond acceptors (Lipinski definition) is 5. The number of amides is 2. The number of nitriles is 1. The molecule has 0 aliphatic rings. The third-order valence-electron chi connectivity index (χ3n) is 3.75. The van der Waals surface area contributed by atoms with Crippen LogP contribution in [0, 0.1) is 17.1 Å². The molecular formula is C21H19BrFN3O4. The lowest BCUT2D eigenvalue weighted by Gasteiger charge is -2.17. The zero-order valence-corrected chi connectivity index (χ0v) is 18.0. The van der Waals surface area contributed by atoms with Crippen molar-refractivity contribution in [2.75, 3.05) is 10.6 Å². The second-order valence-electron chi connectivity index (χ2n) is 6.46. The van der Waals surface area contributed by atoms with Crippen LogP contribution in [0.1, 0.15) is 31.1 Å². The second kappa shape index (κ2) is 9.89. The molecule has 0 aromatic heterocycles. The van der Waals surface area contributed by atoms with Gasteiger partial charge in [-0.15, -0.1) is 0 Å². The quantitative estimate of drug-likeness (QED) is 0.311. The number of halogens is 2. The van der Waals surface area contributed by atoms with Crippen LogP contribution in [0.15, 0.2) is 52.2 Å². The summed E-state index contributed by atoms with van der Waals surface area (Å²) in [7, 11) is 0. The third kappa shape index (κ3) is 5.58. The molecule has 2 rings (SSSR count). The predicted molar refractivity (Wildman–Crippen MR) is 114 cm³/mol. The SMILES string of the molecule is C/C(O)=C(\C#N)C(=O)Nc1cc(OC(C)C)c(C(=O)Nc2ccccc2Br)cc1F. The Bertz CT molecular complexity index is 1060. The number of para-hydroxylation sites is 1. The Labute approximate surface area is 181 Å². The third-order valence-corrected chi connectivity index (χ3v) is 4.44. The summed E-state index contributed by atoms with van der Waals surface area (Å²) in [5.74, 6) is -2.98. The van der Waals surface area contributed by atoms with Gasteiger partial charge in [-0.05, 0) is 54.9 Å². The lowest BCUT2D eigenvalue weighted by Crippen LogP contribution is -2.19. The van der Waals surface area contributed by atoms with Gasteiger partial charge in [0.2, 0.25) is 0 Å². The Balaban J connectivity index is 2.42. The highest BCUT2D eigenvalue weighted by molar-refractivity contribution is 9.10. The first kappa shape index (κ1) is 22.9. The molecule has 0 aliphatic carbocycles. The number of anilines is 2. The maximum absolute atomic E-state index is 14.7. The van der Waals surface area contributed by atoms with Crippen molar-refractivity contribution in [2.24, 2.45) is 0 Å². The van der Waals surface area contributed by atoms with Gasteiger partial charge in [0.15, 0.2) is 5.57 Å². The van der Waals surface area contributed by atoms with E-state index in [2.05, 4.69) is 26.6 Å². The van der Waals surface area contributed by atoms with E-state index in [-0.39, 0.29) is 23.1 Å². The fourth-order valence-electron chi connectivity index (χ4n) is 2.41. The van der Waals surface area contributed by atoms with E-state index in [9.17, 15) is 19.1 Å². The molecule has 2 amide bonds. The molecule has 0 saturated carbocycles. The molecular weight excluding hydrogens is 457 g/mol. The van der Waals surface area contributed by atoms with E-state index in [0.717, 1.165) is 19.1 Å². The molecule has 0 bridgehead atoms. The van der Waals surface area contributed by atoms with Crippen molar-refractivity contribution in [3.63, 3.8) is 0 Å². The summed E-state index contributed by atoms with van der Waals surface area (Å²) in [6.45, 7) is 4.61. The van der Waals surface area contributed by atoms with Crippen LogP contribution in [0.2, 0.25) is 0 Å². The summed E-state index contributed by atoms with van der Waals surface area (Å²) >= 11 is 3.32.